The minimum absolute atomic E-state index is 0.124. The number of ether oxygens (including phenoxy) is 6. The first kappa shape index (κ1) is 43.8. The lowest BCUT2D eigenvalue weighted by Crippen LogP contribution is -2.11. The molecule has 5 aromatic rings. The van der Waals surface area contributed by atoms with Gasteiger partial charge in [0.1, 0.15) is 23.0 Å². The number of hydrogen-bond acceptors (Lipinski definition) is 11. The fraction of sp³-hybridized carbons (Fsp3) is 0.298. The monoisotopic (exact) mass is 819 g/mol. The summed E-state index contributed by atoms with van der Waals surface area (Å²) in [4.78, 5) is 25.6. The Kier molecular flexibility index (Phi) is 16.8. The summed E-state index contributed by atoms with van der Waals surface area (Å²) in [6, 6.07) is 34.4. The van der Waals surface area contributed by atoms with Crippen molar-refractivity contribution < 1.29 is 46.4 Å². The highest BCUT2D eigenvalue weighted by Gasteiger charge is 2.18. The third-order valence-corrected chi connectivity index (χ3v) is 11.0. The van der Waals surface area contributed by atoms with Gasteiger partial charge in [-0.15, -0.1) is 0 Å². The summed E-state index contributed by atoms with van der Waals surface area (Å²) in [7, 11) is -2.44. The van der Waals surface area contributed by atoms with Crippen LogP contribution in [0.15, 0.2) is 125 Å². The van der Waals surface area contributed by atoms with Crippen LogP contribution in [0.2, 0.25) is 0 Å². The van der Waals surface area contributed by atoms with Crippen molar-refractivity contribution in [2.45, 2.75) is 61.7 Å². The zero-order chi connectivity index (χ0) is 41.9. The quantitative estimate of drug-likeness (QED) is 0.0458. The van der Waals surface area contributed by atoms with Crippen LogP contribution in [-0.4, -0.2) is 60.5 Å². The van der Waals surface area contributed by atoms with E-state index in [0.717, 1.165) is 36.1 Å². The van der Waals surface area contributed by atoms with E-state index in [1.165, 1.54) is 37.4 Å². The largest absolute Gasteiger partial charge is 0.494 e. The molecule has 0 unspecified atom stereocenters. The first-order chi connectivity index (χ1) is 28.7. The van der Waals surface area contributed by atoms with Crippen LogP contribution in [0.4, 0.5) is 0 Å². The van der Waals surface area contributed by atoms with Crippen molar-refractivity contribution in [3.63, 3.8) is 0 Å². The molecule has 308 valence electrons. The molecule has 5 aromatic carbocycles. The Hall–Kier alpha value is -6.32. The number of hydrogen-bond donors (Lipinski definition) is 0. The molecule has 12 heteroatoms. The fourth-order valence-electron chi connectivity index (χ4n) is 5.85. The molecule has 0 aliphatic carbocycles. The number of carbonyl (C=O) groups excluding carboxylic acids is 2. The molecule has 0 fully saturated rings. The van der Waals surface area contributed by atoms with Crippen LogP contribution in [-0.2, 0) is 19.3 Å². The smallest absolute Gasteiger partial charge is 0.338 e. The molecule has 0 aromatic heterocycles. The Balaban J connectivity index is 1.00. The number of benzene rings is 5. The molecule has 0 amide bonds. The molecule has 0 bridgehead atoms. The molecule has 0 spiro atoms. The summed E-state index contributed by atoms with van der Waals surface area (Å²) in [5, 5.41) is 9.00. The Morgan fingerprint density at radius 2 is 0.932 bits per heavy atom. The number of methoxy groups -OCH3 is 1. The van der Waals surface area contributed by atoms with Crippen molar-refractivity contribution in [3.8, 4) is 40.2 Å². The van der Waals surface area contributed by atoms with Gasteiger partial charge in [0.15, 0.2) is 0 Å². The Morgan fingerprint density at radius 1 is 0.525 bits per heavy atom. The number of sulfone groups is 1. The molecule has 0 heterocycles. The van der Waals surface area contributed by atoms with Crippen LogP contribution in [0.3, 0.4) is 0 Å². The highest BCUT2D eigenvalue weighted by Crippen LogP contribution is 2.26. The number of unbranched alkanes of at least 4 members (excludes halogenated alkanes) is 4. The summed E-state index contributed by atoms with van der Waals surface area (Å²) in [5.41, 5.74) is 2.98. The van der Waals surface area contributed by atoms with E-state index in [0.29, 0.717) is 74.9 Å². The van der Waals surface area contributed by atoms with E-state index in [9.17, 15) is 18.0 Å². The van der Waals surface area contributed by atoms with Gasteiger partial charge in [-0.1, -0.05) is 44.0 Å². The van der Waals surface area contributed by atoms with E-state index in [1.807, 2.05) is 36.4 Å². The first-order valence-corrected chi connectivity index (χ1v) is 21.2. The molecular weight excluding hydrogens is 771 g/mol. The highest BCUT2D eigenvalue weighted by atomic mass is 32.2. The second-order valence-corrected chi connectivity index (χ2v) is 15.5. The SMILES string of the molecule is CCCCCOc1ccc(S(=O)(=O)c2ccc(OCCCCOC(=O)c3cc(OCCCCOc4ccc(-c5ccc(C#N)cc5)cc4)cc(C(=O)OC)c3)cc2)cc1. The molecule has 59 heavy (non-hydrogen) atoms. The second kappa shape index (κ2) is 22.6. The van der Waals surface area contributed by atoms with Gasteiger partial charge in [-0.3, -0.25) is 0 Å². The standard InChI is InChI=1S/C47H49NO10S/c1-3-4-5-26-54-41-18-22-44(23-19-41)59(51,52)45-24-20-42(21-25-45)56-28-8-9-30-58-47(50)39-31-38(46(49)53-2)32-43(33-39)57-29-7-6-27-55-40-16-14-37(15-17-40)36-12-10-35(34-48)11-13-36/h10-25,31-33H,3-9,26-30H2,1-2H3. The van der Waals surface area contributed by atoms with Crippen LogP contribution >= 0.6 is 0 Å². The maximum absolute atomic E-state index is 13.1. The van der Waals surface area contributed by atoms with Crippen molar-refractivity contribution >= 4 is 21.8 Å². The zero-order valence-corrected chi connectivity index (χ0v) is 34.2. The average molecular weight is 820 g/mol. The van der Waals surface area contributed by atoms with Crippen molar-refractivity contribution in [1.82, 2.24) is 0 Å². The maximum atomic E-state index is 13.1. The minimum Gasteiger partial charge on any atom is -0.494 e. The van der Waals surface area contributed by atoms with E-state index in [1.54, 1.807) is 48.5 Å². The van der Waals surface area contributed by atoms with Gasteiger partial charge in [0, 0.05) is 0 Å². The number of carbonyl (C=O) groups is 2. The molecule has 0 aliphatic rings. The van der Waals surface area contributed by atoms with Crippen LogP contribution in [0, 0.1) is 11.3 Å². The van der Waals surface area contributed by atoms with Gasteiger partial charge in [0.25, 0.3) is 0 Å². The van der Waals surface area contributed by atoms with Crippen LogP contribution in [0.1, 0.15) is 78.1 Å². The van der Waals surface area contributed by atoms with Crippen molar-refractivity contribution in [3.05, 3.63) is 132 Å². The maximum Gasteiger partial charge on any atom is 0.338 e. The van der Waals surface area contributed by atoms with Gasteiger partial charge < -0.3 is 28.4 Å². The third kappa shape index (κ3) is 13.4. The molecule has 11 nitrogen and oxygen atoms in total. The molecule has 5 rings (SSSR count). The van der Waals surface area contributed by atoms with E-state index in [2.05, 4.69) is 13.0 Å². The second-order valence-electron chi connectivity index (χ2n) is 13.5. The Bertz CT molecular complexity index is 2250. The van der Waals surface area contributed by atoms with Gasteiger partial charge >= 0.3 is 11.9 Å². The Labute approximate surface area is 346 Å². The molecule has 0 aliphatic heterocycles. The zero-order valence-electron chi connectivity index (χ0n) is 33.4. The lowest BCUT2D eigenvalue weighted by molar-refractivity contribution is 0.0493. The lowest BCUT2D eigenvalue weighted by atomic mass is 10.0. The number of nitriles is 1. The molecule has 0 atom stereocenters. The summed E-state index contributed by atoms with van der Waals surface area (Å²) >= 11 is 0. The van der Waals surface area contributed by atoms with Crippen LogP contribution in [0.25, 0.3) is 11.1 Å². The van der Waals surface area contributed by atoms with E-state index < -0.39 is 21.8 Å². The normalized spacial score (nSPS) is 10.9. The van der Waals surface area contributed by atoms with E-state index >= 15 is 0 Å². The molecule has 0 N–H and O–H groups in total. The summed E-state index contributed by atoms with van der Waals surface area (Å²) < 4.78 is 59.9. The predicted molar refractivity (Wildman–Crippen MR) is 223 cm³/mol. The highest BCUT2D eigenvalue weighted by molar-refractivity contribution is 7.91. The number of nitrogens with zero attached hydrogens (tertiary/aromatic N) is 1. The van der Waals surface area contributed by atoms with Gasteiger partial charge in [-0.2, -0.15) is 5.26 Å². The topological polar surface area (TPSA) is 147 Å². The Morgan fingerprint density at radius 3 is 1.39 bits per heavy atom. The predicted octanol–water partition coefficient (Wildman–Crippen LogP) is 9.67. The molecule has 0 saturated carbocycles. The first-order valence-electron chi connectivity index (χ1n) is 19.7. The van der Waals surface area contributed by atoms with Gasteiger partial charge in [0.2, 0.25) is 9.84 Å². The lowest BCUT2D eigenvalue weighted by Gasteiger charge is -2.12. The van der Waals surface area contributed by atoms with Crippen LogP contribution < -0.4 is 18.9 Å². The average Bonchev–Trinajstić information content (AvgIpc) is 3.27. The fourth-order valence-corrected chi connectivity index (χ4v) is 7.11. The van der Waals surface area contributed by atoms with Crippen molar-refractivity contribution in [1.29, 1.82) is 5.26 Å². The van der Waals surface area contributed by atoms with Crippen molar-refractivity contribution in [2.24, 2.45) is 0 Å². The molecule has 0 saturated heterocycles. The van der Waals surface area contributed by atoms with Crippen LogP contribution in [0.5, 0.6) is 23.0 Å². The number of rotatable bonds is 23. The van der Waals surface area contributed by atoms with E-state index in [-0.39, 0.29) is 27.5 Å². The minimum atomic E-state index is -3.71. The van der Waals surface area contributed by atoms with Gasteiger partial charge in [-0.05, 0) is 134 Å². The summed E-state index contributed by atoms with van der Waals surface area (Å²) in [5.74, 6) is 1.02. The van der Waals surface area contributed by atoms with Crippen molar-refractivity contribution in [2.75, 3.05) is 40.1 Å². The van der Waals surface area contributed by atoms with E-state index in [4.69, 9.17) is 33.7 Å². The molecule has 0 radical (unpaired) electrons. The third-order valence-electron chi connectivity index (χ3n) is 9.17. The molecular formula is C47H49NO10S. The number of esters is 2. The van der Waals surface area contributed by atoms with Gasteiger partial charge in [-0.25, -0.2) is 18.0 Å². The summed E-state index contributed by atoms with van der Waals surface area (Å²) in [6.45, 7) is 3.98. The van der Waals surface area contributed by atoms with Gasteiger partial charge in [0.05, 0.1) is 72.7 Å². The summed E-state index contributed by atoms with van der Waals surface area (Å²) in [6.07, 6.45) is 5.60.